The molecule has 10 nitrogen and oxygen atoms in total. The van der Waals surface area contributed by atoms with E-state index >= 15 is 0 Å². The van der Waals surface area contributed by atoms with Crippen LogP contribution in [-0.4, -0.2) is 88.9 Å². The summed E-state index contributed by atoms with van der Waals surface area (Å²) in [4.78, 5) is 38.8. The number of amides is 2. The van der Waals surface area contributed by atoms with E-state index < -0.39 is 11.9 Å². The summed E-state index contributed by atoms with van der Waals surface area (Å²) in [6, 6.07) is 0. The van der Waals surface area contributed by atoms with Gasteiger partial charge in [-0.1, -0.05) is 0 Å². The van der Waals surface area contributed by atoms with Gasteiger partial charge in [0.05, 0.1) is 36.8 Å². The Kier molecular flexibility index (Phi) is 9.48. The second kappa shape index (κ2) is 11.8. The Bertz CT molecular complexity index is 717. The Balaban J connectivity index is 1.93. The number of nitrogens with one attached hydrogen (secondary N) is 2. The highest BCUT2D eigenvalue weighted by molar-refractivity contribution is 7.18. The molecule has 1 aliphatic heterocycles. The number of morpholine rings is 1. The standard InChI is InChI=1S/C18H28N4O6S/c1-12-14(18(25)28-10-9-26-2)17(29-15(12)16(19)24)21-13(23)11-20-3-4-22-5-7-27-8-6-22/h20H,3-11H2,1-2H3,(H2,19,24)(H,21,23). The molecule has 0 aliphatic carbocycles. The van der Waals surface area contributed by atoms with Gasteiger partial charge in [0.25, 0.3) is 5.91 Å². The molecule has 1 aromatic heterocycles. The molecule has 2 amide bonds. The minimum atomic E-state index is -0.664. The van der Waals surface area contributed by atoms with Gasteiger partial charge >= 0.3 is 5.97 Å². The van der Waals surface area contributed by atoms with Gasteiger partial charge < -0.3 is 30.6 Å². The number of anilines is 1. The largest absolute Gasteiger partial charge is 0.460 e. The molecule has 1 aromatic rings. The summed E-state index contributed by atoms with van der Waals surface area (Å²) in [5, 5.41) is 6.00. The van der Waals surface area contributed by atoms with Crippen molar-refractivity contribution in [3.63, 3.8) is 0 Å². The number of rotatable bonds is 11. The van der Waals surface area contributed by atoms with Crippen LogP contribution >= 0.6 is 11.3 Å². The lowest BCUT2D eigenvalue weighted by Gasteiger charge is -2.26. The van der Waals surface area contributed by atoms with Crippen molar-refractivity contribution >= 4 is 34.1 Å². The molecule has 11 heteroatoms. The minimum absolute atomic E-state index is 0.0625. The van der Waals surface area contributed by atoms with Gasteiger partial charge in [0.2, 0.25) is 5.91 Å². The first-order valence-corrected chi connectivity index (χ1v) is 10.2. The maximum atomic E-state index is 12.4. The average molecular weight is 429 g/mol. The number of nitrogens with two attached hydrogens (primary N) is 1. The number of nitrogens with zero attached hydrogens (tertiary/aromatic N) is 1. The summed E-state index contributed by atoms with van der Waals surface area (Å²) >= 11 is 0.964. The van der Waals surface area contributed by atoms with Crippen molar-refractivity contribution in [3.05, 3.63) is 16.0 Å². The van der Waals surface area contributed by atoms with Crippen molar-refractivity contribution in [2.24, 2.45) is 5.73 Å². The third kappa shape index (κ3) is 7.05. The zero-order valence-corrected chi connectivity index (χ0v) is 17.6. The maximum absolute atomic E-state index is 12.4. The third-order valence-electron chi connectivity index (χ3n) is 4.34. The third-order valence-corrected chi connectivity index (χ3v) is 5.56. The van der Waals surface area contributed by atoms with E-state index in [0.717, 1.165) is 44.2 Å². The molecule has 0 radical (unpaired) electrons. The summed E-state index contributed by atoms with van der Waals surface area (Å²) < 4.78 is 15.3. The van der Waals surface area contributed by atoms with Crippen molar-refractivity contribution in [3.8, 4) is 0 Å². The van der Waals surface area contributed by atoms with Crippen LogP contribution < -0.4 is 16.4 Å². The van der Waals surface area contributed by atoms with E-state index in [9.17, 15) is 14.4 Å². The topological polar surface area (TPSA) is 132 Å². The lowest BCUT2D eigenvalue weighted by Crippen LogP contribution is -2.41. The number of carbonyl (C=O) groups is 3. The average Bonchev–Trinajstić information content (AvgIpc) is 3.02. The van der Waals surface area contributed by atoms with Crippen LogP contribution in [-0.2, 0) is 19.0 Å². The highest BCUT2D eigenvalue weighted by Crippen LogP contribution is 2.33. The molecule has 0 saturated carbocycles. The van der Waals surface area contributed by atoms with Crippen LogP contribution in [0.15, 0.2) is 0 Å². The van der Waals surface area contributed by atoms with Crippen LogP contribution in [0.2, 0.25) is 0 Å². The zero-order chi connectivity index (χ0) is 21.2. The van der Waals surface area contributed by atoms with Gasteiger partial charge in [0.1, 0.15) is 11.6 Å². The lowest BCUT2D eigenvalue weighted by atomic mass is 10.1. The van der Waals surface area contributed by atoms with Gasteiger partial charge in [-0.3, -0.25) is 14.5 Å². The number of methoxy groups -OCH3 is 1. The Morgan fingerprint density at radius 3 is 2.62 bits per heavy atom. The smallest absolute Gasteiger partial charge is 0.341 e. The van der Waals surface area contributed by atoms with Crippen molar-refractivity contribution < 1.29 is 28.6 Å². The number of esters is 1. The second-order valence-corrected chi connectivity index (χ2v) is 7.45. The number of ether oxygens (including phenoxy) is 3. The second-order valence-electron chi connectivity index (χ2n) is 6.43. The number of hydrogen-bond donors (Lipinski definition) is 3. The highest BCUT2D eigenvalue weighted by Gasteiger charge is 2.25. The van der Waals surface area contributed by atoms with Gasteiger partial charge in [0.15, 0.2) is 0 Å². The molecular weight excluding hydrogens is 400 g/mol. The van der Waals surface area contributed by atoms with Crippen molar-refractivity contribution in [2.45, 2.75) is 6.92 Å². The Hall–Kier alpha value is -2.05. The van der Waals surface area contributed by atoms with Crippen molar-refractivity contribution in [2.75, 3.05) is 71.6 Å². The van der Waals surface area contributed by atoms with Gasteiger partial charge in [-0.05, 0) is 12.5 Å². The summed E-state index contributed by atoms with van der Waals surface area (Å²) in [7, 11) is 1.49. The fourth-order valence-corrected chi connectivity index (χ4v) is 3.87. The van der Waals surface area contributed by atoms with Gasteiger partial charge in [-0.2, -0.15) is 0 Å². The Labute approximate surface area is 173 Å². The Morgan fingerprint density at radius 2 is 1.97 bits per heavy atom. The summed E-state index contributed by atoms with van der Waals surface area (Å²) in [6.07, 6.45) is 0. The first kappa shape index (κ1) is 23.2. The molecule has 2 rings (SSSR count). The van der Waals surface area contributed by atoms with E-state index in [1.165, 1.54) is 7.11 Å². The number of carbonyl (C=O) groups excluding carboxylic acids is 3. The molecule has 0 unspecified atom stereocenters. The summed E-state index contributed by atoms with van der Waals surface area (Å²) in [5.74, 6) is -1.63. The first-order valence-electron chi connectivity index (χ1n) is 9.34. The van der Waals surface area contributed by atoms with E-state index in [1.807, 2.05) is 0 Å². The zero-order valence-electron chi connectivity index (χ0n) is 16.7. The van der Waals surface area contributed by atoms with Crippen LogP contribution in [0, 0.1) is 6.92 Å². The normalized spacial score (nSPS) is 14.6. The molecule has 1 fully saturated rings. The Morgan fingerprint density at radius 1 is 1.24 bits per heavy atom. The molecule has 0 aromatic carbocycles. The molecule has 162 valence electrons. The van der Waals surface area contributed by atoms with E-state index in [2.05, 4.69) is 15.5 Å². The molecule has 29 heavy (non-hydrogen) atoms. The molecule has 0 spiro atoms. The van der Waals surface area contributed by atoms with Crippen LogP contribution in [0.25, 0.3) is 0 Å². The molecule has 1 aliphatic rings. The number of hydrogen-bond acceptors (Lipinski definition) is 9. The summed E-state index contributed by atoms with van der Waals surface area (Å²) in [6.45, 7) is 6.66. The van der Waals surface area contributed by atoms with Gasteiger partial charge in [0, 0.05) is 33.3 Å². The van der Waals surface area contributed by atoms with E-state index in [0.29, 0.717) is 12.1 Å². The van der Waals surface area contributed by atoms with Crippen LogP contribution in [0.1, 0.15) is 25.6 Å². The fourth-order valence-electron chi connectivity index (χ4n) is 2.81. The highest BCUT2D eigenvalue weighted by atomic mass is 32.1. The SMILES string of the molecule is COCCOC(=O)c1c(NC(=O)CNCCN2CCOCC2)sc(C(N)=O)c1C. The predicted molar refractivity (Wildman–Crippen MR) is 108 cm³/mol. The monoisotopic (exact) mass is 428 g/mol. The van der Waals surface area contributed by atoms with Crippen molar-refractivity contribution in [1.29, 1.82) is 0 Å². The molecule has 1 saturated heterocycles. The van der Waals surface area contributed by atoms with E-state index in [1.54, 1.807) is 6.92 Å². The van der Waals surface area contributed by atoms with Gasteiger partial charge in [-0.15, -0.1) is 11.3 Å². The number of primary amides is 1. The van der Waals surface area contributed by atoms with E-state index in [4.69, 9.17) is 19.9 Å². The quantitative estimate of drug-likeness (QED) is 0.327. The predicted octanol–water partition coefficient (Wildman–Crippen LogP) is -0.181. The van der Waals surface area contributed by atoms with Crippen LogP contribution in [0.4, 0.5) is 5.00 Å². The molecule has 0 atom stereocenters. The first-order chi connectivity index (χ1) is 13.9. The molecule has 2 heterocycles. The lowest BCUT2D eigenvalue weighted by molar-refractivity contribution is -0.115. The number of thiophene rings is 1. The summed E-state index contributed by atoms with van der Waals surface area (Å²) in [5.41, 5.74) is 5.91. The van der Waals surface area contributed by atoms with Crippen LogP contribution in [0.3, 0.4) is 0 Å². The van der Waals surface area contributed by atoms with Crippen molar-refractivity contribution in [1.82, 2.24) is 10.2 Å². The fraction of sp³-hybridized carbons (Fsp3) is 0.611. The van der Waals surface area contributed by atoms with Gasteiger partial charge in [-0.25, -0.2) is 4.79 Å². The van der Waals surface area contributed by atoms with E-state index in [-0.39, 0.29) is 41.1 Å². The molecule has 4 N–H and O–H groups in total. The molecular formula is C18H28N4O6S. The maximum Gasteiger partial charge on any atom is 0.341 e. The molecule has 0 bridgehead atoms. The minimum Gasteiger partial charge on any atom is -0.460 e. The van der Waals surface area contributed by atoms with Crippen LogP contribution in [0.5, 0.6) is 0 Å².